The first kappa shape index (κ1) is 22.2. The summed E-state index contributed by atoms with van der Waals surface area (Å²) >= 11 is 6.25. The molecule has 0 aliphatic rings. The summed E-state index contributed by atoms with van der Waals surface area (Å²) in [4.78, 5) is 39.0. The molecule has 2 amide bonds. The third-order valence-corrected chi connectivity index (χ3v) is 5.32. The van der Waals surface area contributed by atoms with E-state index in [1.54, 1.807) is 37.3 Å². The third-order valence-electron chi connectivity index (χ3n) is 5.00. The van der Waals surface area contributed by atoms with Crippen molar-refractivity contribution in [3.63, 3.8) is 0 Å². The fourth-order valence-electron chi connectivity index (χ4n) is 3.11. The lowest BCUT2D eigenvalue weighted by molar-refractivity contribution is -0.116. The highest BCUT2D eigenvalue weighted by atomic mass is 35.5. The molecule has 0 saturated heterocycles. The summed E-state index contributed by atoms with van der Waals surface area (Å²) in [6.45, 7) is 5.33. The molecule has 1 aromatic heterocycles. The van der Waals surface area contributed by atoms with Crippen LogP contribution in [0.4, 0.5) is 5.69 Å². The van der Waals surface area contributed by atoms with E-state index in [1.807, 2.05) is 26.0 Å². The molecule has 0 saturated carbocycles. The number of nitrogens with one attached hydrogen (secondary N) is 1. The highest BCUT2D eigenvalue weighted by Gasteiger charge is 2.21. The molecule has 8 heteroatoms. The number of anilines is 1. The zero-order chi connectivity index (χ0) is 22.7. The second-order valence-corrected chi connectivity index (χ2v) is 7.73. The Morgan fingerprint density at radius 1 is 1.10 bits per heavy atom. The lowest BCUT2D eigenvalue weighted by Gasteiger charge is -2.18. The Kier molecular flexibility index (Phi) is 6.56. The zero-order valence-corrected chi connectivity index (χ0v) is 18.5. The maximum absolute atomic E-state index is 12.9. The maximum Gasteiger partial charge on any atom is 0.278 e. The van der Waals surface area contributed by atoms with E-state index in [2.05, 4.69) is 10.4 Å². The zero-order valence-electron chi connectivity index (χ0n) is 17.8. The summed E-state index contributed by atoms with van der Waals surface area (Å²) in [6.07, 6.45) is 0. The Morgan fingerprint density at radius 3 is 2.52 bits per heavy atom. The molecule has 0 aliphatic heterocycles. The highest BCUT2D eigenvalue weighted by Crippen LogP contribution is 2.20. The predicted molar refractivity (Wildman–Crippen MR) is 121 cm³/mol. The fourth-order valence-corrected chi connectivity index (χ4v) is 3.32. The number of carbonyl (C=O) groups excluding carboxylic acids is 2. The number of aryl methyl sites for hydroxylation is 2. The number of nitrogens with zero attached hydrogens (tertiary/aromatic N) is 3. The predicted octanol–water partition coefficient (Wildman–Crippen LogP) is 3.52. The van der Waals surface area contributed by atoms with Gasteiger partial charge in [0.1, 0.15) is 0 Å². The van der Waals surface area contributed by atoms with Crippen molar-refractivity contribution in [3.05, 3.63) is 86.3 Å². The summed E-state index contributed by atoms with van der Waals surface area (Å²) in [5.41, 5.74) is 2.95. The van der Waals surface area contributed by atoms with Crippen LogP contribution in [0.2, 0.25) is 5.02 Å². The highest BCUT2D eigenvalue weighted by molar-refractivity contribution is 6.32. The van der Waals surface area contributed by atoms with Crippen LogP contribution in [-0.2, 0) is 4.79 Å². The average molecular weight is 439 g/mol. The van der Waals surface area contributed by atoms with Gasteiger partial charge in [0.2, 0.25) is 11.3 Å². The van der Waals surface area contributed by atoms with Crippen molar-refractivity contribution in [3.8, 4) is 5.69 Å². The van der Waals surface area contributed by atoms with Crippen molar-refractivity contribution in [2.24, 2.45) is 0 Å². The minimum atomic E-state index is -0.651. The molecule has 0 spiro atoms. The van der Waals surface area contributed by atoms with Gasteiger partial charge in [0, 0.05) is 24.5 Å². The number of likely N-dealkylation sites (N-methyl/N-ethyl adjacent to an activating group) is 1. The summed E-state index contributed by atoms with van der Waals surface area (Å²) in [6, 6.07) is 13.9. The van der Waals surface area contributed by atoms with Crippen LogP contribution in [0, 0.1) is 20.8 Å². The molecular formula is C23H23ClN4O3. The second kappa shape index (κ2) is 9.14. The van der Waals surface area contributed by atoms with Crippen molar-refractivity contribution in [2.45, 2.75) is 20.8 Å². The number of hydrogen-bond acceptors (Lipinski definition) is 4. The Morgan fingerprint density at radius 2 is 1.81 bits per heavy atom. The summed E-state index contributed by atoms with van der Waals surface area (Å²) in [5, 5.41) is 7.47. The first-order valence-corrected chi connectivity index (χ1v) is 10.0. The van der Waals surface area contributed by atoms with Crippen LogP contribution in [0.25, 0.3) is 5.69 Å². The lowest BCUT2D eigenvalue weighted by Crippen LogP contribution is -2.38. The van der Waals surface area contributed by atoms with Crippen LogP contribution in [0.3, 0.4) is 0 Å². The van der Waals surface area contributed by atoms with E-state index in [9.17, 15) is 14.4 Å². The van der Waals surface area contributed by atoms with Crippen LogP contribution < -0.4 is 10.7 Å². The number of rotatable bonds is 5. The van der Waals surface area contributed by atoms with Crippen LogP contribution in [0.5, 0.6) is 0 Å². The van der Waals surface area contributed by atoms with Gasteiger partial charge < -0.3 is 10.2 Å². The van der Waals surface area contributed by atoms with Crippen LogP contribution in [-0.4, -0.2) is 40.1 Å². The molecule has 1 N–H and O–H groups in total. The molecule has 31 heavy (non-hydrogen) atoms. The number of carbonyl (C=O) groups is 2. The molecule has 0 unspecified atom stereocenters. The number of aromatic nitrogens is 2. The van der Waals surface area contributed by atoms with E-state index in [0.717, 1.165) is 16.0 Å². The number of benzene rings is 2. The molecule has 1 heterocycles. The SMILES string of the molecule is Cc1cccc(NC(=O)CN(C)C(=O)c2nn(-c3ccccc3Cl)c(C)cc2=O)c1C. The summed E-state index contributed by atoms with van der Waals surface area (Å²) < 4.78 is 1.45. The Hall–Kier alpha value is -3.45. The Bertz CT molecular complexity index is 1220. The lowest BCUT2D eigenvalue weighted by atomic mass is 10.1. The van der Waals surface area contributed by atoms with Crippen LogP contribution in [0.1, 0.15) is 27.3 Å². The van der Waals surface area contributed by atoms with Gasteiger partial charge in [-0.25, -0.2) is 4.68 Å². The minimum absolute atomic E-state index is 0.229. The number of amides is 2. The molecule has 160 valence electrons. The third kappa shape index (κ3) is 4.83. The second-order valence-electron chi connectivity index (χ2n) is 7.32. The standard InChI is InChI=1S/C23H23ClN4O3/c1-14-8-7-10-18(16(14)3)25-21(30)13-27(4)23(31)22-20(29)12-15(2)28(26-22)19-11-6-5-9-17(19)24/h5-12H,13H2,1-4H3,(H,25,30). The van der Waals surface area contributed by atoms with Crippen LogP contribution >= 0.6 is 11.6 Å². The van der Waals surface area contributed by atoms with Crippen molar-refractivity contribution < 1.29 is 9.59 Å². The Labute approximate surface area is 185 Å². The van der Waals surface area contributed by atoms with Crippen molar-refractivity contribution >= 4 is 29.1 Å². The smallest absolute Gasteiger partial charge is 0.278 e. The average Bonchev–Trinajstić information content (AvgIpc) is 2.72. The maximum atomic E-state index is 12.9. The normalized spacial score (nSPS) is 10.6. The molecule has 0 bridgehead atoms. The van der Waals surface area contributed by atoms with Gasteiger partial charge in [-0.15, -0.1) is 0 Å². The van der Waals surface area contributed by atoms with E-state index in [-0.39, 0.29) is 18.1 Å². The largest absolute Gasteiger partial charge is 0.331 e. The van der Waals surface area contributed by atoms with Gasteiger partial charge in [-0.2, -0.15) is 5.10 Å². The van der Waals surface area contributed by atoms with Gasteiger partial charge in [-0.1, -0.05) is 35.9 Å². The quantitative estimate of drug-likeness (QED) is 0.660. The van der Waals surface area contributed by atoms with Gasteiger partial charge in [0.05, 0.1) is 17.3 Å². The van der Waals surface area contributed by atoms with E-state index >= 15 is 0 Å². The van der Waals surface area contributed by atoms with Crippen molar-refractivity contribution in [2.75, 3.05) is 18.9 Å². The van der Waals surface area contributed by atoms with Crippen molar-refractivity contribution in [1.29, 1.82) is 0 Å². The molecule has 0 fully saturated rings. The minimum Gasteiger partial charge on any atom is -0.331 e. The fraction of sp³-hybridized carbons (Fsp3) is 0.217. The molecule has 0 aliphatic carbocycles. The Balaban J connectivity index is 1.83. The molecule has 0 atom stereocenters. The topological polar surface area (TPSA) is 84.3 Å². The molecule has 3 rings (SSSR count). The van der Waals surface area contributed by atoms with E-state index in [4.69, 9.17) is 11.6 Å². The molecule has 2 aromatic carbocycles. The van der Waals surface area contributed by atoms with Crippen LogP contribution in [0.15, 0.2) is 53.3 Å². The van der Waals surface area contributed by atoms with Crippen molar-refractivity contribution in [1.82, 2.24) is 14.7 Å². The summed E-state index contributed by atoms with van der Waals surface area (Å²) in [7, 11) is 1.45. The molecule has 7 nitrogen and oxygen atoms in total. The van der Waals surface area contributed by atoms with Gasteiger partial charge in [0.25, 0.3) is 5.91 Å². The number of hydrogen-bond donors (Lipinski definition) is 1. The van der Waals surface area contributed by atoms with E-state index < -0.39 is 11.3 Å². The molecular weight excluding hydrogens is 416 g/mol. The van der Waals surface area contributed by atoms with Gasteiger partial charge >= 0.3 is 0 Å². The van der Waals surface area contributed by atoms with Gasteiger partial charge in [-0.3, -0.25) is 14.4 Å². The van der Waals surface area contributed by atoms with E-state index in [1.165, 1.54) is 17.8 Å². The first-order chi connectivity index (χ1) is 14.7. The van der Waals surface area contributed by atoms with E-state index in [0.29, 0.717) is 22.1 Å². The molecule has 0 radical (unpaired) electrons. The van der Waals surface area contributed by atoms with Gasteiger partial charge in [0.15, 0.2) is 5.69 Å². The van der Waals surface area contributed by atoms with Gasteiger partial charge in [-0.05, 0) is 50.1 Å². The molecule has 3 aromatic rings. The first-order valence-electron chi connectivity index (χ1n) is 9.66. The monoisotopic (exact) mass is 438 g/mol. The number of halogens is 1. The number of para-hydroxylation sites is 1. The summed E-state index contributed by atoms with van der Waals surface area (Å²) in [5.74, 6) is -1.02.